The number of hydrogen-bond donors (Lipinski definition) is 0. The van der Waals surface area contributed by atoms with Crippen LogP contribution in [0.1, 0.15) is 55.5 Å². The smallest absolute Gasteiger partial charge is 0.260 e. The van der Waals surface area contributed by atoms with Gasteiger partial charge in [-0.05, 0) is 66.9 Å². The fourth-order valence-electron chi connectivity index (χ4n) is 4.00. The third kappa shape index (κ3) is 6.43. The molecule has 0 N–H and O–H groups in total. The van der Waals surface area contributed by atoms with Crippen LogP contribution < -0.4 is 4.90 Å². The molecule has 2 aromatic carbocycles. The predicted octanol–water partition coefficient (Wildman–Crippen LogP) is 6.27. The average molecular weight is 555 g/mol. The van der Waals surface area contributed by atoms with Crippen LogP contribution in [0.2, 0.25) is 0 Å². The lowest BCUT2D eigenvalue weighted by Crippen LogP contribution is -2.33. The molecule has 4 rings (SSSR count). The normalized spacial score (nSPS) is 11.8. The third-order valence-electron chi connectivity index (χ3n) is 6.14. The number of carbonyl (C=O) groups is 1. The SMILES string of the molecule is CCCCN(CCCC)S(=O)(=O)c1ccc(C(=O)N(Cc2cccnc2)c2nc3ccc(F)cc3s2)cc1. The number of sulfonamides is 1. The summed E-state index contributed by atoms with van der Waals surface area (Å²) in [6, 6.07) is 14.0. The van der Waals surface area contributed by atoms with E-state index in [1.54, 1.807) is 24.5 Å². The number of halogens is 1. The standard InChI is InChI=1S/C28H31FN4O3S2/c1-3-5-16-32(17-6-4-2)38(35,36)24-12-9-22(10-13-24)27(34)33(20-21-8-7-15-30-19-21)28-31-25-14-11-23(29)18-26(25)37-28/h7-15,18-19H,3-6,16-17,20H2,1-2H3. The van der Waals surface area contributed by atoms with Gasteiger partial charge in [-0.2, -0.15) is 4.31 Å². The van der Waals surface area contributed by atoms with Crippen LogP contribution in [0.4, 0.5) is 9.52 Å². The van der Waals surface area contributed by atoms with Crippen molar-refractivity contribution < 1.29 is 17.6 Å². The summed E-state index contributed by atoms with van der Waals surface area (Å²) in [6.07, 6.45) is 6.70. The summed E-state index contributed by atoms with van der Waals surface area (Å²) in [6.45, 7) is 5.21. The van der Waals surface area contributed by atoms with Crippen LogP contribution in [0.5, 0.6) is 0 Å². The van der Waals surface area contributed by atoms with E-state index in [0.29, 0.717) is 34.0 Å². The number of thiazole rings is 1. The number of anilines is 1. The van der Waals surface area contributed by atoms with Crippen molar-refractivity contribution >= 4 is 42.6 Å². The Morgan fingerprint density at radius 2 is 1.71 bits per heavy atom. The van der Waals surface area contributed by atoms with E-state index >= 15 is 0 Å². The molecule has 0 bridgehead atoms. The number of fused-ring (bicyclic) bond motifs is 1. The number of carbonyl (C=O) groups excluding carboxylic acids is 1. The molecule has 0 spiro atoms. The van der Waals surface area contributed by atoms with E-state index in [2.05, 4.69) is 9.97 Å². The third-order valence-corrected chi connectivity index (χ3v) is 9.09. The lowest BCUT2D eigenvalue weighted by Gasteiger charge is -2.22. The Hall–Kier alpha value is -3.21. The monoisotopic (exact) mass is 554 g/mol. The van der Waals surface area contributed by atoms with Crippen LogP contribution in [-0.2, 0) is 16.6 Å². The summed E-state index contributed by atoms with van der Waals surface area (Å²) in [5, 5.41) is 0.418. The number of rotatable bonds is 12. The van der Waals surface area contributed by atoms with E-state index in [1.165, 1.54) is 56.9 Å². The predicted molar refractivity (Wildman–Crippen MR) is 149 cm³/mol. The second-order valence-corrected chi connectivity index (χ2v) is 11.9. The van der Waals surface area contributed by atoms with Gasteiger partial charge in [0.05, 0.1) is 21.7 Å². The topological polar surface area (TPSA) is 83.5 Å². The Bertz CT molecular complexity index is 1470. The summed E-state index contributed by atoms with van der Waals surface area (Å²) in [5.74, 6) is -0.715. The number of aromatic nitrogens is 2. The van der Waals surface area contributed by atoms with Crippen molar-refractivity contribution in [3.05, 3.63) is 83.9 Å². The van der Waals surface area contributed by atoms with Gasteiger partial charge in [0.15, 0.2) is 5.13 Å². The van der Waals surface area contributed by atoms with Gasteiger partial charge in [0, 0.05) is 31.0 Å². The number of hydrogen-bond acceptors (Lipinski definition) is 6. The van der Waals surface area contributed by atoms with Crippen molar-refractivity contribution in [2.45, 2.75) is 51.0 Å². The maximum atomic E-state index is 13.8. The van der Waals surface area contributed by atoms with Crippen molar-refractivity contribution in [2.75, 3.05) is 18.0 Å². The highest BCUT2D eigenvalue weighted by Gasteiger charge is 2.26. The lowest BCUT2D eigenvalue weighted by atomic mass is 10.2. The first-order chi connectivity index (χ1) is 18.3. The van der Waals surface area contributed by atoms with Crippen molar-refractivity contribution in [1.29, 1.82) is 0 Å². The molecule has 0 aliphatic heterocycles. The molecule has 10 heteroatoms. The molecule has 0 saturated heterocycles. The van der Waals surface area contributed by atoms with E-state index in [0.717, 1.165) is 31.2 Å². The molecule has 0 aliphatic rings. The van der Waals surface area contributed by atoms with Crippen LogP contribution in [-0.4, -0.2) is 41.7 Å². The highest BCUT2D eigenvalue weighted by atomic mass is 32.2. The molecule has 1 amide bonds. The van der Waals surface area contributed by atoms with Crippen LogP contribution >= 0.6 is 11.3 Å². The molecular formula is C28H31FN4O3S2. The molecule has 7 nitrogen and oxygen atoms in total. The van der Waals surface area contributed by atoms with Gasteiger partial charge in [0.1, 0.15) is 5.82 Å². The zero-order chi connectivity index (χ0) is 27.1. The zero-order valence-corrected chi connectivity index (χ0v) is 23.1. The van der Waals surface area contributed by atoms with Gasteiger partial charge in [0.25, 0.3) is 5.91 Å². The van der Waals surface area contributed by atoms with E-state index in [9.17, 15) is 17.6 Å². The first-order valence-corrected chi connectivity index (χ1v) is 15.0. The fraction of sp³-hybridized carbons (Fsp3) is 0.321. The van der Waals surface area contributed by atoms with E-state index in [1.807, 2.05) is 19.9 Å². The summed E-state index contributed by atoms with van der Waals surface area (Å²) < 4.78 is 42.6. The second kappa shape index (κ2) is 12.6. The Balaban J connectivity index is 1.64. The van der Waals surface area contributed by atoms with Gasteiger partial charge >= 0.3 is 0 Å². The minimum atomic E-state index is -3.68. The molecule has 0 saturated carbocycles. The molecular weight excluding hydrogens is 523 g/mol. The maximum Gasteiger partial charge on any atom is 0.260 e. The molecule has 0 unspecified atom stereocenters. The molecule has 4 aromatic rings. The lowest BCUT2D eigenvalue weighted by molar-refractivity contribution is 0.0985. The number of unbranched alkanes of at least 4 members (excludes halogenated alkanes) is 2. The number of nitrogens with zero attached hydrogens (tertiary/aromatic N) is 4. The van der Waals surface area contributed by atoms with Crippen molar-refractivity contribution in [3.63, 3.8) is 0 Å². The minimum Gasteiger partial charge on any atom is -0.279 e. The number of benzene rings is 2. The van der Waals surface area contributed by atoms with E-state index in [4.69, 9.17) is 0 Å². The van der Waals surface area contributed by atoms with E-state index in [-0.39, 0.29) is 23.2 Å². The molecule has 0 radical (unpaired) electrons. The molecule has 0 atom stereocenters. The summed E-state index contributed by atoms with van der Waals surface area (Å²) in [7, 11) is -3.68. The average Bonchev–Trinajstić information content (AvgIpc) is 3.35. The van der Waals surface area contributed by atoms with Gasteiger partial charge in [-0.25, -0.2) is 17.8 Å². The molecule has 38 heavy (non-hydrogen) atoms. The zero-order valence-electron chi connectivity index (χ0n) is 21.5. The molecule has 0 fully saturated rings. The molecule has 0 aliphatic carbocycles. The minimum absolute atomic E-state index is 0.163. The van der Waals surface area contributed by atoms with Crippen molar-refractivity contribution in [3.8, 4) is 0 Å². The maximum absolute atomic E-state index is 13.8. The van der Waals surface area contributed by atoms with Gasteiger partial charge < -0.3 is 0 Å². The van der Waals surface area contributed by atoms with Gasteiger partial charge in [0.2, 0.25) is 10.0 Å². The van der Waals surface area contributed by atoms with Gasteiger partial charge in [-0.3, -0.25) is 14.7 Å². The fourth-order valence-corrected chi connectivity index (χ4v) is 6.50. The molecule has 2 aromatic heterocycles. The summed E-state index contributed by atoms with van der Waals surface area (Å²) in [4.78, 5) is 24.1. The second-order valence-electron chi connectivity index (χ2n) is 9.00. The van der Waals surface area contributed by atoms with Crippen LogP contribution in [0.15, 0.2) is 71.9 Å². The van der Waals surface area contributed by atoms with E-state index < -0.39 is 10.0 Å². The Kier molecular flexibility index (Phi) is 9.19. The van der Waals surface area contributed by atoms with Crippen molar-refractivity contribution in [2.24, 2.45) is 0 Å². The van der Waals surface area contributed by atoms with Crippen LogP contribution in [0.25, 0.3) is 10.2 Å². The quantitative estimate of drug-likeness (QED) is 0.206. The largest absolute Gasteiger partial charge is 0.279 e. The first-order valence-electron chi connectivity index (χ1n) is 12.7. The van der Waals surface area contributed by atoms with Gasteiger partial charge in [-0.15, -0.1) is 0 Å². The van der Waals surface area contributed by atoms with Crippen LogP contribution in [0.3, 0.4) is 0 Å². The number of amides is 1. The first kappa shape index (κ1) is 27.8. The Labute approximate surface area is 227 Å². The Morgan fingerprint density at radius 3 is 2.34 bits per heavy atom. The molecule has 2 heterocycles. The highest BCUT2D eigenvalue weighted by molar-refractivity contribution is 7.89. The number of pyridine rings is 1. The van der Waals surface area contributed by atoms with Crippen molar-refractivity contribution in [1.82, 2.24) is 14.3 Å². The molecule has 200 valence electrons. The summed E-state index contributed by atoms with van der Waals surface area (Å²) in [5.41, 5.74) is 1.72. The summed E-state index contributed by atoms with van der Waals surface area (Å²) >= 11 is 1.22. The van der Waals surface area contributed by atoms with Gasteiger partial charge in [-0.1, -0.05) is 44.1 Å². The van der Waals surface area contributed by atoms with Crippen LogP contribution in [0, 0.1) is 5.82 Å². The Morgan fingerprint density at radius 1 is 1.00 bits per heavy atom. The highest BCUT2D eigenvalue weighted by Crippen LogP contribution is 2.31.